The van der Waals surface area contributed by atoms with Crippen LogP contribution in [-0.4, -0.2) is 27.7 Å². The van der Waals surface area contributed by atoms with Gasteiger partial charge in [0.05, 0.1) is 12.8 Å². The summed E-state index contributed by atoms with van der Waals surface area (Å²) in [5, 5.41) is 5.16. The zero-order valence-corrected chi connectivity index (χ0v) is 12.7. The average molecular weight is 298 g/mol. The first kappa shape index (κ1) is 13.9. The molecule has 2 aromatic heterocycles. The molecule has 0 fully saturated rings. The summed E-state index contributed by atoms with van der Waals surface area (Å²) in [5.41, 5.74) is 6.26. The van der Waals surface area contributed by atoms with Gasteiger partial charge >= 0.3 is 5.97 Å². The van der Waals surface area contributed by atoms with Gasteiger partial charge in [-0.3, -0.25) is 4.79 Å². The average Bonchev–Trinajstić information content (AvgIpc) is 2.94. The van der Waals surface area contributed by atoms with E-state index in [1.54, 1.807) is 13.8 Å². The first-order valence-electron chi connectivity index (χ1n) is 5.52. The minimum atomic E-state index is -0.800. The van der Waals surface area contributed by atoms with E-state index in [0.717, 1.165) is 16.4 Å². The number of aromatic nitrogens is 3. The number of hydrogen-bond acceptors (Lipinski definition) is 8. The zero-order chi connectivity index (χ0) is 14.2. The molecule has 0 aliphatic carbocycles. The Morgan fingerprint density at radius 3 is 2.63 bits per heavy atom. The van der Waals surface area contributed by atoms with Crippen LogP contribution in [0.2, 0.25) is 0 Å². The number of nitrogen functional groups attached to an aromatic ring is 1. The van der Waals surface area contributed by atoms with Gasteiger partial charge in [-0.15, -0.1) is 16.4 Å². The standard InChI is InChI=1S/C11H14N4O2S2/c1-5-7(11(2,3)10(16)17-4)13-9(18-5)6-8(12)19-15-14-6/h12H2,1-4H3. The molecule has 0 aliphatic rings. The lowest BCUT2D eigenvalue weighted by Gasteiger charge is -2.19. The highest BCUT2D eigenvalue weighted by Crippen LogP contribution is 2.36. The van der Waals surface area contributed by atoms with E-state index in [0.29, 0.717) is 21.4 Å². The van der Waals surface area contributed by atoms with E-state index in [9.17, 15) is 4.79 Å². The zero-order valence-electron chi connectivity index (χ0n) is 11.1. The molecule has 0 radical (unpaired) electrons. The number of nitrogens with zero attached hydrogens (tertiary/aromatic N) is 3. The predicted molar refractivity (Wildman–Crippen MR) is 75.2 cm³/mol. The van der Waals surface area contributed by atoms with Crippen LogP contribution in [0.3, 0.4) is 0 Å². The molecule has 0 bridgehead atoms. The lowest BCUT2D eigenvalue weighted by atomic mass is 9.89. The summed E-state index contributed by atoms with van der Waals surface area (Å²) in [6.45, 7) is 5.48. The fraction of sp³-hybridized carbons (Fsp3) is 0.455. The van der Waals surface area contributed by atoms with Crippen LogP contribution in [0.4, 0.5) is 5.00 Å². The second-order valence-electron chi connectivity index (χ2n) is 4.53. The molecule has 0 aliphatic heterocycles. The number of aryl methyl sites for hydroxylation is 1. The number of carbonyl (C=O) groups excluding carboxylic acids is 1. The molecule has 8 heteroatoms. The van der Waals surface area contributed by atoms with Gasteiger partial charge in [0.2, 0.25) is 0 Å². The highest BCUT2D eigenvalue weighted by atomic mass is 32.1. The van der Waals surface area contributed by atoms with Crippen molar-refractivity contribution in [1.82, 2.24) is 14.6 Å². The Hall–Kier alpha value is -1.54. The Kier molecular flexibility index (Phi) is 3.55. The van der Waals surface area contributed by atoms with Gasteiger partial charge in [-0.2, -0.15) is 0 Å². The van der Waals surface area contributed by atoms with Crippen molar-refractivity contribution in [3.63, 3.8) is 0 Å². The van der Waals surface area contributed by atoms with Gasteiger partial charge in [0.1, 0.15) is 15.4 Å². The van der Waals surface area contributed by atoms with Gasteiger partial charge in [-0.25, -0.2) is 4.98 Å². The van der Waals surface area contributed by atoms with Crippen molar-refractivity contribution in [2.45, 2.75) is 26.2 Å². The van der Waals surface area contributed by atoms with Gasteiger partial charge < -0.3 is 10.5 Å². The third-order valence-electron chi connectivity index (χ3n) is 2.80. The van der Waals surface area contributed by atoms with Crippen molar-refractivity contribution in [1.29, 1.82) is 0 Å². The number of esters is 1. The number of anilines is 1. The maximum atomic E-state index is 11.8. The summed E-state index contributed by atoms with van der Waals surface area (Å²) < 4.78 is 8.62. The molecule has 2 aromatic rings. The molecule has 2 heterocycles. The first-order chi connectivity index (χ1) is 8.87. The van der Waals surface area contributed by atoms with Crippen molar-refractivity contribution in [2.75, 3.05) is 12.8 Å². The van der Waals surface area contributed by atoms with E-state index in [4.69, 9.17) is 10.5 Å². The quantitative estimate of drug-likeness (QED) is 0.871. The van der Waals surface area contributed by atoms with Gasteiger partial charge in [-0.05, 0) is 20.8 Å². The SMILES string of the molecule is COC(=O)C(C)(C)c1nc(-c2nnsc2N)sc1C. The van der Waals surface area contributed by atoms with Crippen LogP contribution in [0.1, 0.15) is 24.4 Å². The van der Waals surface area contributed by atoms with Crippen LogP contribution in [0.15, 0.2) is 0 Å². The van der Waals surface area contributed by atoms with E-state index in [2.05, 4.69) is 14.6 Å². The smallest absolute Gasteiger partial charge is 0.317 e. The summed E-state index contributed by atoms with van der Waals surface area (Å²) in [5.74, 6) is -0.322. The van der Waals surface area contributed by atoms with Crippen molar-refractivity contribution in [2.24, 2.45) is 0 Å². The minimum absolute atomic E-state index is 0.322. The number of methoxy groups -OCH3 is 1. The fourth-order valence-corrected chi connectivity index (χ4v) is 3.35. The Labute approximate surface area is 118 Å². The van der Waals surface area contributed by atoms with Crippen LogP contribution in [0.25, 0.3) is 10.7 Å². The van der Waals surface area contributed by atoms with Crippen molar-refractivity contribution < 1.29 is 9.53 Å². The second kappa shape index (κ2) is 4.86. The molecular weight excluding hydrogens is 284 g/mol. The summed E-state index contributed by atoms with van der Waals surface area (Å²) >= 11 is 2.57. The Balaban J connectivity index is 2.48. The molecule has 0 saturated carbocycles. The normalized spacial score (nSPS) is 11.6. The largest absolute Gasteiger partial charge is 0.468 e. The van der Waals surface area contributed by atoms with Crippen molar-refractivity contribution in [3.8, 4) is 10.7 Å². The topological polar surface area (TPSA) is 91.0 Å². The van der Waals surface area contributed by atoms with E-state index in [-0.39, 0.29) is 5.97 Å². The van der Waals surface area contributed by atoms with Crippen LogP contribution >= 0.6 is 22.9 Å². The van der Waals surface area contributed by atoms with Crippen LogP contribution < -0.4 is 5.73 Å². The van der Waals surface area contributed by atoms with E-state index >= 15 is 0 Å². The monoisotopic (exact) mass is 298 g/mol. The van der Waals surface area contributed by atoms with Crippen LogP contribution in [0.5, 0.6) is 0 Å². The highest BCUT2D eigenvalue weighted by molar-refractivity contribution is 7.16. The molecule has 0 unspecified atom stereocenters. The lowest BCUT2D eigenvalue weighted by Crippen LogP contribution is -2.31. The molecular formula is C11H14N4O2S2. The maximum absolute atomic E-state index is 11.8. The summed E-state index contributed by atoms with van der Waals surface area (Å²) in [7, 11) is 1.37. The number of thiazole rings is 1. The molecule has 6 nitrogen and oxygen atoms in total. The number of rotatable bonds is 3. The fourth-order valence-electron chi connectivity index (χ4n) is 1.78. The lowest BCUT2D eigenvalue weighted by molar-refractivity contribution is -0.146. The van der Waals surface area contributed by atoms with E-state index in [1.807, 2.05) is 6.92 Å². The third-order valence-corrected chi connectivity index (χ3v) is 4.33. The molecule has 0 aromatic carbocycles. The number of carbonyl (C=O) groups is 1. The van der Waals surface area contributed by atoms with Gasteiger partial charge in [-0.1, -0.05) is 4.49 Å². The van der Waals surface area contributed by atoms with Crippen LogP contribution in [0, 0.1) is 6.92 Å². The first-order valence-corrected chi connectivity index (χ1v) is 7.11. The molecule has 102 valence electrons. The third kappa shape index (κ3) is 2.33. The Morgan fingerprint density at radius 2 is 2.11 bits per heavy atom. The molecule has 0 amide bonds. The van der Waals surface area contributed by atoms with Crippen LogP contribution in [-0.2, 0) is 14.9 Å². The molecule has 2 N–H and O–H groups in total. The number of hydrogen-bond donors (Lipinski definition) is 1. The molecule has 19 heavy (non-hydrogen) atoms. The minimum Gasteiger partial charge on any atom is -0.468 e. The Bertz CT molecular complexity index is 618. The highest BCUT2D eigenvalue weighted by Gasteiger charge is 2.35. The maximum Gasteiger partial charge on any atom is 0.317 e. The second-order valence-corrected chi connectivity index (χ2v) is 6.52. The van der Waals surface area contributed by atoms with Gasteiger partial charge in [0, 0.05) is 16.4 Å². The molecule has 0 saturated heterocycles. The van der Waals surface area contributed by atoms with Crippen molar-refractivity contribution >= 4 is 33.8 Å². The van der Waals surface area contributed by atoms with Crippen molar-refractivity contribution in [3.05, 3.63) is 10.6 Å². The Morgan fingerprint density at radius 1 is 1.42 bits per heavy atom. The van der Waals surface area contributed by atoms with E-state index < -0.39 is 5.41 Å². The summed E-state index contributed by atoms with van der Waals surface area (Å²) in [6.07, 6.45) is 0. The number of nitrogens with two attached hydrogens (primary N) is 1. The summed E-state index contributed by atoms with van der Waals surface area (Å²) in [6, 6.07) is 0. The van der Waals surface area contributed by atoms with Gasteiger partial charge in [0.15, 0.2) is 5.69 Å². The number of ether oxygens (including phenoxy) is 1. The summed E-state index contributed by atoms with van der Waals surface area (Å²) in [4.78, 5) is 17.3. The molecule has 2 rings (SSSR count). The predicted octanol–water partition coefficient (Wildman–Crippen LogP) is 2.00. The molecule has 0 spiro atoms. The molecule has 0 atom stereocenters. The van der Waals surface area contributed by atoms with E-state index in [1.165, 1.54) is 18.4 Å². The van der Waals surface area contributed by atoms with Gasteiger partial charge in [0.25, 0.3) is 0 Å².